The highest BCUT2D eigenvalue weighted by atomic mass is 35.5. The average Bonchev–Trinajstić information content (AvgIpc) is 3.89. The first-order valence-corrected chi connectivity index (χ1v) is 18.2. The first-order valence-electron chi connectivity index (χ1n) is 17.4. The zero-order valence-corrected chi connectivity index (χ0v) is 31.7. The highest BCUT2D eigenvalue weighted by molar-refractivity contribution is 6.32. The summed E-state index contributed by atoms with van der Waals surface area (Å²) in [5, 5.41) is 15.6. The summed E-state index contributed by atoms with van der Waals surface area (Å²) in [6.07, 6.45) is 2.57. The third kappa shape index (κ3) is 5.14. The van der Waals surface area contributed by atoms with E-state index in [9.17, 15) is 0 Å². The van der Waals surface area contributed by atoms with Crippen molar-refractivity contribution in [3.63, 3.8) is 0 Å². The molecule has 0 N–H and O–H groups in total. The van der Waals surface area contributed by atoms with Crippen LogP contribution in [-0.2, 0) is 20.5 Å². The largest absolute Gasteiger partial charge is 0.494 e. The molecular weight excluding hydrogens is 697 g/mol. The Balaban J connectivity index is 1.31. The van der Waals surface area contributed by atoms with Gasteiger partial charge in [0, 0.05) is 46.7 Å². The van der Waals surface area contributed by atoms with E-state index in [1.807, 2.05) is 80.5 Å². The molecule has 0 saturated carbocycles. The van der Waals surface area contributed by atoms with Crippen LogP contribution in [0.3, 0.4) is 0 Å². The van der Waals surface area contributed by atoms with Crippen molar-refractivity contribution < 1.29 is 13.9 Å². The molecule has 1 unspecified atom stereocenters. The smallest absolute Gasteiger partial charge is 0.276 e. The van der Waals surface area contributed by atoms with Gasteiger partial charge in [0.15, 0.2) is 0 Å². The van der Waals surface area contributed by atoms with Gasteiger partial charge in [-0.25, -0.2) is 0 Å². The molecule has 3 aromatic carbocycles. The van der Waals surface area contributed by atoms with Gasteiger partial charge in [-0.3, -0.25) is 14.4 Å². The molecule has 0 saturated heterocycles. The molecule has 5 heterocycles. The van der Waals surface area contributed by atoms with Gasteiger partial charge in [0.2, 0.25) is 6.39 Å². The Morgan fingerprint density at radius 3 is 2.38 bits per heavy atom. The van der Waals surface area contributed by atoms with E-state index >= 15 is 4.79 Å². The number of rotatable bonds is 8. The molecule has 0 radical (unpaired) electrons. The zero-order valence-electron chi connectivity index (χ0n) is 30.2. The molecular formula is C40H39Cl2N7O3. The molecule has 0 spiro atoms. The number of anilines is 1. The molecule has 266 valence electrons. The van der Waals surface area contributed by atoms with E-state index in [0.717, 1.165) is 71.8 Å². The van der Waals surface area contributed by atoms with Crippen LogP contribution in [0.5, 0.6) is 5.75 Å². The van der Waals surface area contributed by atoms with Crippen LogP contribution >= 0.6 is 23.2 Å². The van der Waals surface area contributed by atoms with Gasteiger partial charge in [-0.1, -0.05) is 59.6 Å². The molecule has 10 nitrogen and oxygen atoms in total. The monoisotopic (exact) mass is 735 g/mol. The number of aromatic nitrogens is 6. The third-order valence-corrected chi connectivity index (χ3v) is 11.7. The van der Waals surface area contributed by atoms with E-state index in [4.69, 9.17) is 37.5 Å². The molecule has 7 aromatic rings. The Morgan fingerprint density at radius 1 is 0.962 bits per heavy atom. The lowest BCUT2D eigenvalue weighted by Crippen LogP contribution is -2.48. The second-order valence-electron chi connectivity index (χ2n) is 13.7. The summed E-state index contributed by atoms with van der Waals surface area (Å²) >= 11 is 13.9. The lowest BCUT2D eigenvalue weighted by molar-refractivity contribution is 0.0951. The standard InChI is InChI=1S/C40H39Cl2N7O3/c1-21-18-26(19-22(2)33(21)41)51-17-11-15-28-27-13-10-14-30(32-23(3)45-47(7)24(32)4)34(27)48-25(5)38(42)49(40(50)36(28)48)35-29-12-8-9-16-31(29)46(6)37(35)39-44-43-20-52-39/h8-10,12-14,16,18-20,25,38H,11,15,17H2,1-7H3/t25?,38-/m0/s1. The topological polar surface area (TPSA) is 96.1 Å². The molecule has 8 rings (SSSR count). The van der Waals surface area contributed by atoms with E-state index in [2.05, 4.69) is 46.8 Å². The van der Waals surface area contributed by atoms with Crippen LogP contribution < -0.4 is 9.64 Å². The second-order valence-corrected chi connectivity index (χ2v) is 14.5. The van der Waals surface area contributed by atoms with Crippen molar-refractivity contribution in [3.05, 3.63) is 99.8 Å². The molecule has 2 atom stereocenters. The summed E-state index contributed by atoms with van der Waals surface area (Å²) in [5.74, 6) is 0.884. The molecule has 1 aliphatic rings. The third-order valence-electron chi connectivity index (χ3n) is 10.5. The van der Waals surface area contributed by atoms with Gasteiger partial charge < -0.3 is 18.3 Å². The minimum Gasteiger partial charge on any atom is -0.494 e. The van der Waals surface area contributed by atoms with E-state index in [1.165, 1.54) is 6.39 Å². The number of benzene rings is 3. The maximum atomic E-state index is 15.4. The van der Waals surface area contributed by atoms with E-state index in [0.29, 0.717) is 42.4 Å². The van der Waals surface area contributed by atoms with Gasteiger partial charge in [-0.05, 0) is 82.3 Å². The number of hydrogen-bond donors (Lipinski definition) is 0. The SMILES string of the molecule is Cc1cc(OCCCc2c3n(c4c(-c5c(C)nn(C)c5C)cccc24)C(C)[C@@H](Cl)N(c2c(-c4nnco4)n(C)c4ccccc24)C3=O)cc(C)c1Cl. The summed E-state index contributed by atoms with van der Waals surface area (Å²) in [4.78, 5) is 17.1. The Hall–Kier alpha value is -5.06. The van der Waals surface area contributed by atoms with Gasteiger partial charge in [0.05, 0.1) is 35.1 Å². The van der Waals surface area contributed by atoms with Crippen molar-refractivity contribution in [2.45, 2.75) is 59.0 Å². The summed E-state index contributed by atoms with van der Waals surface area (Å²) in [6.45, 7) is 10.6. The van der Waals surface area contributed by atoms with Crippen LogP contribution in [0.15, 0.2) is 65.4 Å². The fourth-order valence-corrected chi connectivity index (χ4v) is 8.45. The number of alkyl halides is 1. The van der Waals surface area contributed by atoms with E-state index < -0.39 is 5.50 Å². The van der Waals surface area contributed by atoms with Crippen LogP contribution in [0, 0.1) is 27.7 Å². The van der Waals surface area contributed by atoms with Gasteiger partial charge in [-0.2, -0.15) is 5.10 Å². The van der Waals surface area contributed by atoms with Crippen molar-refractivity contribution in [2.24, 2.45) is 14.1 Å². The Kier molecular flexibility index (Phi) is 8.42. The van der Waals surface area contributed by atoms with Crippen molar-refractivity contribution in [1.82, 2.24) is 29.1 Å². The number of halogens is 2. The zero-order chi connectivity index (χ0) is 36.6. The number of amides is 1. The van der Waals surface area contributed by atoms with Crippen molar-refractivity contribution in [1.29, 1.82) is 0 Å². The van der Waals surface area contributed by atoms with Crippen LogP contribution in [-0.4, -0.2) is 47.1 Å². The molecule has 0 fully saturated rings. The predicted octanol–water partition coefficient (Wildman–Crippen LogP) is 9.27. The Morgan fingerprint density at radius 2 is 1.69 bits per heavy atom. The lowest BCUT2D eigenvalue weighted by Gasteiger charge is -2.38. The molecule has 0 bridgehead atoms. The number of nitrogens with zero attached hydrogens (tertiary/aromatic N) is 7. The van der Waals surface area contributed by atoms with Crippen molar-refractivity contribution in [2.75, 3.05) is 11.5 Å². The fraction of sp³-hybridized carbons (Fsp3) is 0.300. The van der Waals surface area contributed by atoms with Gasteiger partial charge >= 0.3 is 0 Å². The van der Waals surface area contributed by atoms with Crippen LogP contribution in [0.2, 0.25) is 5.02 Å². The maximum absolute atomic E-state index is 15.4. The Labute approximate surface area is 311 Å². The normalized spacial score (nSPS) is 16.0. The molecule has 4 aromatic heterocycles. The number of fused-ring (bicyclic) bond motifs is 4. The lowest BCUT2D eigenvalue weighted by atomic mass is 9.98. The first kappa shape index (κ1) is 34.0. The second kappa shape index (κ2) is 12.9. The number of ether oxygens (including phenoxy) is 1. The minimum absolute atomic E-state index is 0.197. The molecule has 12 heteroatoms. The number of aryl methyl sites for hydroxylation is 6. The van der Waals surface area contributed by atoms with E-state index in [1.54, 1.807) is 4.90 Å². The molecule has 52 heavy (non-hydrogen) atoms. The van der Waals surface area contributed by atoms with Gasteiger partial charge in [0.1, 0.15) is 22.6 Å². The minimum atomic E-state index is -0.750. The van der Waals surface area contributed by atoms with Crippen LogP contribution in [0.1, 0.15) is 58.0 Å². The summed E-state index contributed by atoms with van der Waals surface area (Å²) < 4.78 is 18.0. The predicted molar refractivity (Wildman–Crippen MR) is 206 cm³/mol. The van der Waals surface area contributed by atoms with Crippen molar-refractivity contribution >= 4 is 56.6 Å². The molecule has 0 aliphatic carbocycles. The van der Waals surface area contributed by atoms with Gasteiger partial charge in [0.25, 0.3) is 11.8 Å². The maximum Gasteiger partial charge on any atom is 0.276 e. The summed E-state index contributed by atoms with van der Waals surface area (Å²) in [5.41, 5.74) is 9.94. The highest BCUT2D eigenvalue weighted by Crippen LogP contribution is 2.48. The number of para-hydroxylation sites is 2. The fourth-order valence-electron chi connectivity index (χ4n) is 8.05. The number of hydrogen-bond acceptors (Lipinski definition) is 6. The summed E-state index contributed by atoms with van der Waals surface area (Å²) in [7, 11) is 3.89. The average molecular weight is 737 g/mol. The molecule has 1 aliphatic heterocycles. The first-order chi connectivity index (χ1) is 25.0. The summed E-state index contributed by atoms with van der Waals surface area (Å²) in [6, 6.07) is 17.8. The number of carbonyl (C=O) groups is 1. The Bertz CT molecular complexity index is 2500. The highest BCUT2D eigenvalue weighted by Gasteiger charge is 2.44. The van der Waals surface area contributed by atoms with E-state index in [-0.39, 0.29) is 11.9 Å². The van der Waals surface area contributed by atoms with Crippen LogP contribution in [0.25, 0.3) is 44.5 Å². The van der Waals surface area contributed by atoms with Crippen LogP contribution in [0.4, 0.5) is 5.69 Å². The molecule has 1 amide bonds. The van der Waals surface area contributed by atoms with Gasteiger partial charge in [-0.15, -0.1) is 10.2 Å². The van der Waals surface area contributed by atoms with Crippen molar-refractivity contribution in [3.8, 4) is 28.5 Å². The quantitative estimate of drug-likeness (QED) is 0.0877. The number of carbonyl (C=O) groups excluding carboxylic acids is 1.